The minimum atomic E-state index is -0.465. The second kappa shape index (κ2) is 5.24. The maximum absolute atomic E-state index is 11.8. The summed E-state index contributed by atoms with van der Waals surface area (Å²) in [6, 6.07) is 11.3. The molecule has 1 aliphatic rings. The number of hydrogen-bond acceptors (Lipinski definition) is 4. The maximum Gasteiger partial charge on any atom is 0.363 e. The standard InChI is InChI=1S/C15H10INO3/c1-9-3-2-4-10(7-9)14-17-12(15(18)20-14)8-11-5-6-13(16)19-11/h2-8H,1H3/b12-8-. The van der Waals surface area contributed by atoms with E-state index in [1.807, 2.05) is 37.3 Å². The molecule has 0 saturated carbocycles. The van der Waals surface area contributed by atoms with Crippen LogP contribution in [0.15, 0.2) is 51.5 Å². The summed E-state index contributed by atoms with van der Waals surface area (Å²) in [7, 11) is 0. The van der Waals surface area contributed by atoms with Crippen LogP contribution in [0.3, 0.4) is 0 Å². The lowest BCUT2D eigenvalue weighted by Gasteiger charge is -1.99. The van der Waals surface area contributed by atoms with E-state index in [4.69, 9.17) is 9.15 Å². The predicted molar refractivity (Wildman–Crippen MR) is 83.2 cm³/mol. The van der Waals surface area contributed by atoms with E-state index in [9.17, 15) is 4.79 Å². The summed E-state index contributed by atoms with van der Waals surface area (Å²) in [6.07, 6.45) is 1.58. The molecule has 0 N–H and O–H groups in total. The third kappa shape index (κ3) is 2.67. The van der Waals surface area contributed by atoms with Crippen LogP contribution in [-0.4, -0.2) is 11.9 Å². The van der Waals surface area contributed by atoms with Gasteiger partial charge in [-0.2, -0.15) is 0 Å². The minimum Gasteiger partial charge on any atom is -0.451 e. The average Bonchev–Trinajstić information content (AvgIpc) is 2.97. The van der Waals surface area contributed by atoms with Crippen LogP contribution in [0.5, 0.6) is 0 Å². The average molecular weight is 379 g/mol. The number of cyclic esters (lactones) is 1. The number of rotatable bonds is 2. The first-order valence-corrected chi connectivity index (χ1v) is 7.04. The van der Waals surface area contributed by atoms with E-state index in [-0.39, 0.29) is 5.70 Å². The van der Waals surface area contributed by atoms with Gasteiger partial charge in [0.05, 0.1) is 0 Å². The van der Waals surface area contributed by atoms with E-state index >= 15 is 0 Å². The number of carbonyl (C=O) groups excluding carboxylic acids is 1. The van der Waals surface area contributed by atoms with Crippen LogP contribution in [0.25, 0.3) is 6.08 Å². The van der Waals surface area contributed by atoms with Crippen molar-refractivity contribution in [3.63, 3.8) is 0 Å². The minimum absolute atomic E-state index is 0.243. The molecule has 0 aliphatic carbocycles. The Hall–Kier alpha value is -1.89. The van der Waals surface area contributed by atoms with E-state index in [1.54, 1.807) is 12.1 Å². The summed E-state index contributed by atoms with van der Waals surface area (Å²) < 4.78 is 11.3. The van der Waals surface area contributed by atoms with E-state index in [2.05, 4.69) is 27.6 Å². The maximum atomic E-state index is 11.8. The molecule has 0 unspecified atom stereocenters. The Bertz CT molecular complexity index is 743. The fourth-order valence-electron chi connectivity index (χ4n) is 1.85. The highest BCUT2D eigenvalue weighted by Crippen LogP contribution is 2.21. The number of hydrogen-bond donors (Lipinski definition) is 0. The van der Waals surface area contributed by atoms with E-state index in [1.165, 1.54) is 0 Å². The van der Waals surface area contributed by atoms with Gasteiger partial charge in [0.1, 0.15) is 5.76 Å². The monoisotopic (exact) mass is 379 g/mol. The highest BCUT2D eigenvalue weighted by atomic mass is 127. The number of aliphatic imine (C=N–C) groups is 1. The molecule has 4 nitrogen and oxygen atoms in total. The van der Waals surface area contributed by atoms with Gasteiger partial charge in [-0.3, -0.25) is 0 Å². The summed E-state index contributed by atoms with van der Waals surface area (Å²) in [5.74, 6) is 0.440. The van der Waals surface area contributed by atoms with Gasteiger partial charge < -0.3 is 9.15 Å². The van der Waals surface area contributed by atoms with Crippen LogP contribution in [0.1, 0.15) is 16.9 Å². The SMILES string of the molecule is Cc1cccc(C2=N/C(=C\c3ccc(I)o3)C(=O)O2)c1. The summed E-state index contributed by atoms with van der Waals surface area (Å²) in [5, 5.41) is 0. The summed E-state index contributed by atoms with van der Waals surface area (Å²) >= 11 is 2.06. The third-order valence-electron chi connectivity index (χ3n) is 2.76. The topological polar surface area (TPSA) is 51.8 Å². The summed E-state index contributed by atoms with van der Waals surface area (Å²) in [5.41, 5.74) is 2.11. The van der Waals surface area contributed by atoms with Crippen LogP contribution >= 0.6 is 22.6 Å². The van der Waals surface area contributed by atoms with Gasteiger partial charge in [-0.05, 0) is 53.8 Å². The third-order valence-corrected chi connectivity index (χ3v) is 3.34. The molecule has 0 bridgehead atoms. The molecule has 5 heteroatoms. The quantitative estimate of drug-likeness (QED) is 0.456. The Kier molecular flexibility index (Phi) is 3.43. The lowest BCUT2D eigenvalue weighted by Crippen LogP contribution is -2.05. The first-order chi connectivity index (χ1) is 9.61. The van der Waals surface area contributed by atoms with Crippen LogP contribution < -0.4 is 0 Å². The van der Waals surface area contributed by atoms with Crippen molar-refractivity contribution in [1.82, 2.24) is 0 Å². The Morgan fingerprint density at radius 1 is 1.25 bits per heavy atom. The Morgan fingerprint density at radius 3 is 2.80 bits per heavy atom. The highest BCUT2D eigenvalue weighted by Gasteiger charge is 2.24. The van der Waals surface area contributed by atoms with Gasteiger partial charge in [-0.25, -0.2) is 9.79 Å². The molecule has 0 saturated heterocycles. The molecule has 0 fully saturated rings. The molecule has 0 spiro atoms. The lowest BCUT2D eigenvalue weighted by atomic mass is 10.1. The van der Waals surface area contributed by atoms with Gasteiger partial charge in [0.15, 0.2) is 9.46 Å². The first kappa shape index (κ1) is 13.1. The zero-order valence-corrected chi connectivity index (χ0v) is 12.7. The van der Waals surface area contributed by atoms with Crippen LogP contribution in [0, 0.1) is 10.7 Å². The number of carbonyl (C=O) groups is 1. The number of aryl methyl sites for hydroxylation is 1. The van der Waals surface area contributed by atoms with Crippen molar-refractivity contribution in [3.05, 3.63) is 62.7 Å². The number of nitrogens with zero attached hydrogens (tertiary/aromatic N) is 1. The van der Waals surface area contributed by atoms with Gasteiger partial charge in [0, 0.05) is 11.6 Å². The molecule has 1 aliphatic heterocycles. The molecular formula is C15H10INO3. The van der Waals surface area contributed by atoms with Crippen molar-refractivity contribution >= 4 is 40.5 Å². The van der Waals surface area contributed by atoms with Crippen LogP contribution in [0.4, 0.5) is 0 Å². The number of esters is 1. The van der Waals surface area contributed by atoms with Gasteiger partial charge in [-0.1, -0.05) is 17.7 Å². The smallest absolute Gasteiger partial charge is 0.363 e. The molecule has 0 atom stereocenters. The molecule has 100 valence electrons. The molecule has 0 radical (unpaired) electrons. The number of furan rings is 1. The van der Waals surface area contributed by atoms with Gasteiger partial charge in [0.25, 0.3) is 0 Å². The Labute approximate surface area is 129 Å². The molecule has 0 amide bonds. The molecule has 3 rings (SSSR count). The molecule has 2 heterocycles. The zero-order valence-electron chi connectivity index (χ0n) is 10.6. The fourth-order valence-corrected chi connectivity index (χ4v) is 2.29. The van der Waals surface area contributed by atoms with Crippen molar-refractivity contribution in [2.24, 2.45) is 4.99 Å². The Balaban J connectivity index is 1.94. The van der Waals surface area contributed by atoms with Crippen molar-refractivity contribution in [3.8, 4) is 0 Å². The van der Waals surface area contributed by atoms with E-state index in [0.717, 1.165) is 14.9 Å². The molecular weight excluding hydrogens is 369 g/mol. The van der Waals surface area contributed by atoms with Crippen LogP contribution in [0.2, 0.25) is 0 Å². The van der Waals surface area contributed by atoms with Crippen molar-refractivity contribution in [2.45, 2.75) is 6.92 Å². The Morgan fingerprint density at radius 2 is 2.10 bits per heavy atom. The first-order valence-electron chi connectivity index (χ1n) is 5.97. The largest absolute Gasteiger partial charge is 0.451 e. The predicted octanol–water partition coefficient (Wildman–Crippen LogP) is 3.54. The molecule has 2 aromatic rings. The van der Waals surface area contributed by atoms with Crippen molar-refractivity contribution < 1.29 is 13.9 Å². The van der Waals surface area contributed by atoms with E-state index in [0.29, 0.717) is 11.7 Å². The van der Waals surface area contributed by atoms with E-state index < -0.39 is 5.97 Å². The lowest BCUT2D eigenvalue weighted by molar-refractivity contribution is -0.129. The summed E-state index contributed by atoms with van der Waals surface area (Å²) in [4.78, 5) is 16.0. The van der Waals surface area contributed by atoms with Crippen LogP contribution in [-0.2, 0) is 9.53 Å². The molecule has 20 heavy (non-hydrogen) atoms. The van der Waals surface area contributed by atoms with Gasteiger partial charge in [0.2, 0.25) is 5.90 Å². The van der Waals surface area contributed by atoms with Gasteiger partial charge >= 0.3 is 5.97 Å². The molecule has 1 aromatic carbocycles. The van der Waals surface area contributed by atoms with Crippen molar-refractivity contribution in [1.29, 1.82) is 0 Å². The summed E-state index contributed by atoms with van der Waals surface area (Å²) in [6.45, 7) is 1.97. The van der Waals surface area contributed by atoms with Crippen molar-refractivity contribution in [2.75, 3.05) is 0 Å². The zero-order chi connectivity index (χ0) is 14.1. The number of halogens is 1. The van der Waals surface area contributed by atoms with Gasteiger partial charge in [-0.15, -0.1) is 0 Å². The number of benzene rings is 1. The molecule has 1 aromatic heterocycles. The normalized spacial score (nSPS) is 16.4. The number of ether oxygens (including phenoxy) is 1. The second-order valence-corrected chi connectivity index (χ2v) is 5.41. The highest BCUT2D eigenvalue weighted by molar-refractivity contribution is 14.1. The second-order valence-electron chi connectivity index (χ2n) is 4.35. The fraction of sp³-hybridized carbons (Fsp3) is 0.0667.